The number of halogens is 1. The van der Waals surface area contributed by atoms with Crippen LogP contribution in [0.2, 0.25) is 0 Å². The highest BCUT2D eigenvalue weighted by Gasteiger charge is 2.70. The van der Waals surface area contributed by atoms with Gasteiger partial charge in [0.1, 0.15) is 6.23 Å². The first-order valence-corrected chi connectivity index (χ1v) is 9.10. The van der Waals surface area contributed by atoms with Crippen LogP contribution in [-0.2, 0) is 4.79 Å². The average molecular weight is 412 g/mol. The van der Waals surface area contributed by atoms with Crippen molar-refractivity contribution in [3.63, 3.8) is 0 Å². The predicted octanol–water partition coefficient (Wildman–Crippen LogP) is 2.56. The van der Waals surface area contributed by atoms with Gasteiger partial charge < -0.3 is 16.2 Å². The van der Waals surface area contributed by atoms with Crippen LogP contribution in [0.1, 0.15) is 25.7 Å². The highest BCUT2D eigenvalue weighted by Crippen LogP contribution is 2.74. The molecule has 3 saturated carbocycles. The minimum atomic E-state index is -0.703. The number of primary amides is 1. The van der Waals surface area contributed by atoms with Crippen LogP contribution in [0.4, 0.5) is 5.69 Å². The molecule has 5 heteroatoms. The molecule has 2 bridgehead atoms. The van der Waals surface area contributed by atoms with E-state index in [-0.39, 0.29) is 17.7 Å². The highest BCUT2D eigenvalue weighted by molar-refractivity contribution is 14.1. The molecule has 118 valence electrons. The second-order valence-corrected chi connectivity index (χ2v) is 8.37. The van der Waals surface area contributed by atoms with Crippen molar-refractivity contribution >= 4 is 34.2 Å². The minimum Gasteiger partial charge on any atom is -0.373 e. The Kier molecular flexibility index (Phi) is 3.41. The molecule has 22 heavy (non-hydrogen) atoms. The summed E-state index contributed by atoms with van der Waals surface area (Å²) in [5, 5.41) is 13.9. The molecule has 4 rings (SSSR count). The van der Waals surface area contributed by atoms with Crippen LogP contribution in [0.3, 0.4) is 0 Å². The molecule has 3 fully saturated rings. The number of aliphatic hydroxyl groups excluding tert-OH is 1. The number of hydrogen-bond donors (Lipinski definition) is 3. The first kappa shape index (κ1) is 14.8. The first-order chi connectivity index (χ1) is 10.5. The molecule has 0 aliphatic heterocycles. The predicted molar refractivity (Wildman–Crippen MR) is 92.8 cm³/mol. The Morgan fingerprint density at radius 3 is 2.50 bits per heavy atom. The van der Waals surface area contributed by atoms with Gasteiger partial charge in [-0.25, -0.2) is 0 Å². The highest BCUT2D eigenvalue weighted by atomic mass is 127. The third kappa shape index (κ3) is 2.08. The van der Waals surface area contributed by atoms with Crippen LogP contribution in [0, 0.1) is 32.7 Å². The molecule has 3 aliphatic carbocycles. The molecule has 0 radical (unpaired) electrons. The molecule has 0 saturated heterocycles. The second kappa shape index (κ2) is 5.09. The van der Waals surface area contributed by atoms with Crippen LogP contribution in [0.15, 0.2) is 24.3 Å². The fourth-order valence-electron chi connectivity index (χ4n) is 5.34. The Morgan fingerprint density at radius 1 is 1.27 bits per heavy atom. The fraction of sp³-hybridized carbons (Fsp3) is 0.588. The van der Waals surface area contributed by atoms with Gasteiger partial charge >= 0.3 is 0 Å². The van der Waals surface area contributed by atoms with Gasteiger partial charge in [-0.2, -0.15) is 0 Å². The Labute approximate surface area is 144 Å². The minimum absolute atomic E-state index is 0.0435. The summed E-state index contributed by atoms with van der Waals surface area (Å²) in [4.78, 5) is 12.0. The molecule has 1 aromatic rings. The lowest BCUT2D eigenvalue weighted by Crippen LogP contribution is -2.43. The van der Waals surface area contributed by atoms with Crippen LogP contribution in [0.5, 0.6) is 0 Å². The third-order valence-electron chi connectivity index (χ3n) is 6.26. The smallest absolute Gasteiger partial charge is 0.221 e. The number of rotatable bonds is 4. The van der Waals surface area contributed by atoms with Crippen molar-refractivity contribution in [2.24, 2.45) is 34.8 Å². The molecule has 5 unspecified atom stereocenters. The fourth-order valence-corrected chi connectivity index (χ4v) is 5.70. The van der Waals surface area contributed by atoms with Crippen LogP contribution in [0.25, 0.3) is 0 Å². The summed E-state index contributed by atoms with van der Waals surface area (Å²) in [5.74, 6) is 0.395. The number of carbonyl (C=O) groups is 1. The normalized spacial score (nSPS) is 35.5. The Bertz CT molecular complexity index is 599. The molecular weight excluding hydrogens is 391 g/mol. The zero-order chi connectivity index (χ0) is 15.5. The molecule has 4 N–H and O–H groups in total. The number of anilines is 1. The van der Waals surface area contributed by atoms with E-state index in [9.17, 15) is 9.90 Å². The number of nitrogens with two attached hydrogens (primary N) is 1. The quantitative estimate of drug-likeness (QED) is 0.526. The van der Waals surface area contributed by atoms with Gasteiger partial charge in [0.15, 0.2) is 0 Å². The van der Waals surface area contributed by atoms with E-state index in [4.69, 9.17) is 5.73 Å². The van der Waals surface area contributed by atoms with E-state index in [0.717, 1.165) is 22.1 Å². The molecule has 1 amide bonds. The summed E-state index contributed by atoms with van der Waals surface area (Å²) >= 11 is 2.26. The van der Waals surface area contributed by atoms with Gasteiger partial charge in [0, 0.05) is 21.1 Å². The van der Waals surface area contributed by atoms with Gasteiger partial charge in [0.05, 0.1) is 0 Å². The SMILES string of the molecule is NC(=O)C1C(C(O)Nc2ccc(I)cc2)C2CCC1C21CC1. The van der Waals surface area contributed by atoms with E-state index in [1.165, 1.54) is 12.8 Å². The van der Waals surface area contributed by atoms with E-state index in [1.807, 2.05) is 24.3 Å². The zero-order valence-electron chi connectivity index (χ0n) is 12.3. The van der Waals surface area contributed by atoms with E-state index in [1.54, 1.807) is 0 Å². The maximum absolute atomic E-state index is 12.0. The number of hydrogen-bond acceptors (Lipinski definition) is 3. The van der Waals surface area contributed by atoms with Crippen LogP contribution < -0.4 is 11.1 Å². The van der Waals surface area contributed by atoms with Crippen LogP contribution >= 0.6 is 22.6 Å². The molecule has 1 aromatic carbocycles. The van der Waals surface area contributed by atoms with Crippen LogP contribution in [-0.4, -0.2) is 17.2 Å². The van der Waals surface area contributed by atoms with E-state index < -0.39 is 6.23 Å². The molecule has 5 atom stereocenters. The number of carbonyl (C=O) groups excluding carboxylic acids is 1. The van der Waals surface area contributed by atoms with Gasteiger partial charge in [-0.15, -0.1) is 0 Å². The van der Waals surface area contributed by atoms with Gasteiger partial charge in [-0.1, -0.05) is 0 Å². The van der Waals surface area contributed by atoms with Gasteiger partial charge in [-0.05, 0) is 89.8 Å². The van der Waals surface area contributed by atoms with E-state index in [0.29, 0.717) is 17.3 Å². The largest absolute Gasteiger partial charge is 0.373 e. The summed E-state index contributed by atoms with van der Waals surface area (Å²) in [6, 6.07) is 7.93. The number of benzene rings is 1. The molecule has 0 heterocycles. The van der Waals surface area contributed by atoms with Gasteiger partial charge in [0.25, 0.3) is 0 Å². The monoisotopic (exact) mass is 412 g/mol. The molecular formula is C17H21IN2O2. The Balaban J connectivity index is 1.57. The first-order valence-electron chi connectivity index (χ1n) is 8.02. The standard InChI is InChI=1S/C17H21IN2O2/c18-9-1-3-10(4-2-9)20-16(22)14-12-6-5-11(13(14)15(19)21)17(12)7-8-17/h1-4,11-14,16,20,22H,5-8H2,(H2,19,21). The summed E-state index contributed by atoms with van der Waals surface area (Å²) in [6.07, 6.45) is 3.94. The molecule has 0 aromatic heterocycles. The maximum atomic E-state index is 12.0. The topological polar surface area (TPSA) is 75.4 Å². The van der Waals surface area contributed by atoms with Crippen molar-refractivity contribution in [2.75, 3.05) is 5.32 Å². The van der Waals surface area contributed by atoms with Crippen molar-refractivity contribution in [3.05, 3.63) is 27.8 Å². The summed E-state index contributed by atoms with van der Waals surface area (Å²) in [5.41, 5.74) is 6.91. The van der Waals surface area contributed by atoms with Gasteiger partial charge in [-0.3, -0.25) is 4.79 Å². The summed E-state index contributed by atoms with van der Waals surface area (Å²) in [7, 11) is 0. The molecule has 3 aliphatic rings. The van der Waals surface area contributed by atoms with E-state index >= 15 is 0 Å². The zero-order valence-corrected chi connectivity index (χ0v) is 14.5. The third-order valence-corrected chi connectivity index (χ3v) is 6.98. The second-order valence-electron chi connectivity index (χ2n) is 7.13. The Morgan fingerprint density at radius 2 is 1.91 bits per heavy atom. The van der Waals surface area contributed by atoms with Gasteiger partial charge in [0.2, 0.25) is 5.91 Å². The van der Waals surface area contributed by atoms with Crippen molar-refractivity contribution < 1.29 is 9.90 Å². The average Bonchev–Trinajstić information content (AvgIpc) is 3.15. The number of amides is 1. The lowest BCUT2D eigenvalue weighted by Gasteiger charge is -2.33. The molecule has 4 nitrogen and oxygen atoms in total. The number of nitrogens with one attached hydrogen (secondary N) is 1. The van der Waals surface area contributed by atoms with Crippen molar-refractivity contribution in [3.8, 4) is 0 Å². The van der Waals surface area contributed by atoms with E-state index in [2.05, 4.69) is 27.9 Å². The molecule has 1 spiro atoms. The lowest BCUT2D eigenvalue weighted by atomic mass is 9.77. The Hall–Kier alpha value is -0.820. The van der Waals surface area contributed by atoms with Crippen molar-refractivity contribution in [1.29, 1.82) is 0 Å². The summed E-state index contributed by atoms with van der Waals surface area (Å²) in [6.45, 7) is 0. The summed E-state index contributed by atoms with van der Waals surface area (Å²) < 4.78 is 1.16. The lowest BCUT2D eigenvalue weighted by molar-refractivity contribution is -0.126. The van der Waals surface area contributed by atoms with Crippen molar-refractivity contribution in [2.45, 2.75) is 31.9 Å². The number of aliphatic hydroxyl groups is 1. The maximum Gasteiger partial charge on any atom is 0.221 e. The van der Waals surface area contributed by atoms with Crippen molar-refractivity contribution in [1.82, 2.24) is 0 Å².